The molecule has 5 nitrogen and oxygen atoms in total. The number of unbranched alkanes of at least 4 members (excludes halogenated alkanes) is 3. The van der Waals surface area contributed by atoms with E-state index in [0.717, 1.165) is 31.7 Å². The van der Waals surface area contributed by atoms with Gasteiger partial charge in [0.25, 0.3) is 0 Å². The second-order valence-electron chi connectivity index (χ2n) is 4.29. The third-order valence-electron chi connectivity index (χ3n) is 2.72. The third-order valence-corrected chi connectivity index (χ3v) is 5.87. The Morgan fingerprint density at radius 1 is 0.895 bits per heavy atom. The van der Waals surface area contributed by atoms with Crippen molar-refractivity contribution in [2.45, 2.75) is 58.9 Å². The van der Waals surface area contributed by atoms with Crippen LogP contribution in [-0.4, -0.2) is 39.7 Å². The predicted octanol–water partition coefficient (Wildman–Crippen LogP) is 3.07. The summed E-state index contributed by atoms with van der Waals surface area (Å²) in [5.41, 5.74) is 0. The standard InChI is InChI=1S/C13H28O5Si/c1-4-16-19(17-5-2,18-6-3)12-10-8-7-9-11-13(14)15/h4-12H2,1-3H3,(H,14,15). The number of rotatable bonds is 13. The SMILES string of the molecule is CCO[Si](CCCCCCC(=O)O)(OCC)OCC. The van der Waals surface area contributed by atoms with Crippen LogP contribution in [0.3, 0.4) is 0 Å². The van der Waals surface area contributed by atoms with Crippen LogP contribution < -0.4 is 0 Å². The Kier molecular flexibility index (Phi) is 11.1. The van der Waals surface area contributed by atoms with E-state index in [2.05, 4.69) is 0 Å². The molecule has 0 radical (unpaired) electrons. The molecule has 0 aromatic rings. The monoisotopic (exact) mass is 292 g/mol. The van der Waals surface area contributed by atoms with Gasteiger partial charge in [-0.2, -0.15) is 0 Å². The van der Waals surface area contributed by atoms with Crippen LogP contribution in [0.4, 0.5) is 0 Å². The first-order valence-electron chi connectivity index (χ1n) is 7.23. The minimum Gasteiger partial charge on any atom is -0.481 e. The molecule has 0 unspecified atom stereocenters. The van der Waals surface area contributed by atoms with Gasteiger partial charge in [0.1, 0.15) is 0 Å². The molecule has 0 aliphatic carbocycles. The molecule has 0 saturated carbocycles. The Labute approximate surface area is 117 Å². The van der Waals surface area contributed by atoms with Crippen molar-refractivity contribution in [2.75, 3.05) is 19.8 Å². The smallest absolute Gasteiger partial charge is 0.481 e. The molecule has 0 aromatic carbocycles. The summed E-state index contributed by atoms with van der Waals surface area (Å²) >= 11 is 0. The lowest BCUT2D eigenvalue weighted by molar-refractivity contribution is -0.137. The number of hydrogen-bond acceptors (Lipinski definition) is 4. The lowest BCUT2D eigenvalue weighted by atomic mass is 10.2. The van der Waals surface area contributed by atoms with E-state index in [4.69, 9.17) is 18.4 Å². The second kappa shape index (κ2) is 11.4. The van der Waals surface area contributed by atoms with Gasteiger partial charge >= 0.3 is 14.8 Å². The molecule has 0 spiro atoms. The Hall–Kier alpha value is -0.433. The Balaban J connectivity index is 3.99. The molecular weight excluding hydrogens is 264 g/mol. The van der Waals surface area contributed by atoms with E-state index in [1.54, 1.807) is 0 Å². The van der Waals surface area contributed by atoms with E-state index in [-0.39, 0.29) is 6.42 Å². The number of carboxylic acids is 1. The van der Waals surface area contributed by atoms with E-state index in [1.165, 1.54) is 0 Å². The highest BCUT2D eigenvalue weighted by molar-refractivity contribution is 6.60. The average molecular weight is 292 g/mol. The van der Waals surface area contributed by atoms with Gasteiger partial charge < -0.3 is 18.4 Å². The minimum atomic E-state index is -2.49. The number of hydrogen-bond donors (Lipinski definition) is 1. The highest BCUT2D eigenvalue weighted by Gasteiger charge is 2.39. The number of carbonyl (C=O) groups is 1. The Bertz CT molecular complexity index is 218. The van der Waals surface area contributed by atoms with Crippen molar-refractivity contribution in [3.05, 3.63) is 0 Å². The van der Waals surface area contributed by atoms with Crippen LogP contribution in [0.1, 0.15) is 52.9 Å². The molecule has 0 saturated heterocycles. The van der Waals surface area contributed by atoms with Crippen molar-refractivity contribution in [2.24, 2.45) is 0 Å². The summed E-state index contributed by atoms with van der Waals surface area (Å²) in [7, 11) is -2.49. The summed E-state index contributed by atoms with van der Waals surface area (Å²) < 4.78 is 17.3. The summed E-state index contributed by atoms with van der Waals surface area (Å²) in [4.78, 5) is 10.4. The molecule has 0 atom stereocenters. The summed E-state index contributed by atoms with van der Waals surface area (Å²) in [6.07, 6.45) is 3.88. The molecule has 6 heteroatoms. The molecule has 0 bridgehead atoms. The first kappa shape index (κ1) is 18.6. The van der Waals surface area contributed by atoms with Crippen LogP contribution in [-0.2, 0) is 18.1 Å². The molecule has 0 heterocycles. The Morgan fingerprint density at radius 3 is 1.79 bits per heavy atom. The molecule has 0 aliphatic rings. The fourth-order valence-corrected chi connectivity index (χ4v) is 4.66. The second-order valence-corrected chi connectivity index (χ2v) is 7.02. The van der Waals surface area contributed by atoms with Gasteiger partial charge in [0.15, 0.2) is 0 Å². The summed E-state index contributed by atoms with van der Waals surface area (Å²) in [6.45, 7) is 7.66. The van der Waals surface area contributed by atoms with Crippen LogP contribution >= 0.6 is 0 Å². The van der Waals surface area contributed by atoms with Gasteiger partial charge in [-0.25, -0.2) is 0 Å². The van der Waals surface area contributed by atoms with Crippen LogP contribution in [0, 0.1) is 0 Å². The van der Waals surface area contributed by atoms with Crippen LogP contribution in [0.2, 0.25) is 6.04 Å². The van der Waals surface area contributed by atoms with Gasteiger partial charge in [0, 0.05) is 32.3 Å². The van der Waals surface area contributed by atoms with E-state index in [1.807, 2.05) is 20.8 Å². The first-order chi connectivity index (χ1) is 9.10. The Morgan fingerprint density at radius 2 is 1.37 bits per heavy atom. The summed E-state index contributed by atoms with van der Waals surface area (Å²) in [5.74, 6) is -0.721. The maximum absolute atomic E-state index is 10.4. The molecule has 0 rings (SSSR count). The molecule has 19 heavy (non-hydrogen) atoms. The van der Waals surface area contributed by atoms with Crippen LogP contribution in [0.5, 0.6) is 0 Å². The quantitative estimate of drug-likeness (QED) is 0.417. The van der Waals surface area contributed by atoms with Gasteiger partial charge in [-0.05, 0) is 33.6 Å². The van der Waals surface area contributed by atoms with Crippen molar-refractivity contribution in [3.8, 4) is 0 Å². The predicted molar refractivity (Wildman–Crippen MR) is 76.2 cm³/mol. The molecule has 0 amide bonds. The molecule has 1 N–H and O–H groups in total. The first-order valence-corrected chi connectivity index (χ1v) is 9.17. The van der Waals surface area contributed by atoms with Gasteiger partial charge in [-0.1, -0.05) is 12.8 Å². The largest absolute Gasteiger partial charge is 0.500 e. The van der Waals surface area contributed by atoms with E-state index < -0.39 is 14.8 Å². The zero-order chi connectivity index (χ0) is 14.6. The molecular formula is C13H28O5Si. The van der Waals surface area contributed by atoms with E-state index >= 15 is 0 Å². The number of aliphatic carboxylic acids is 1. The molecule has 0 aromatic heterocycles. The summed E-state index contributed by atoms with van der Waals surface area (Å²) in [5, 5.41) is 8.56. The normalized spacial score (nSPS) is 11.7. The molecule has 0 fully saturated rings. The van der Waals surface area contributed by atoms with Gasteiger partial charge in [0.2, 0.25) is 0 Å². The lowest BCUT2D eigenvalue weighted by Gasteiger charge is -2.28. The average Bonchev–Trinajstić information content (AvgIpc) is 2.34. The van der Waals surface area contributed by atoms with Crippen molar-refractivity contribution < 1.29 is 23.2 Å². The zero-order valence-electron chi connectivity index (χ0n) is 12.4. The highest BCUT2D eigenvalue weighted by atomic mass is 28.4. The topological polar surface area (TPSA) is 65.0 Å². The highest BCUT2D eigenvalue weighted by Crippen LogP contribution is 2.20. The maximum atomic E-state index is 10.4. The minimum absolute atomic E-state index is 0.255. The van der Waals surface area contributed by atoms with Crippen LogP contribution in [0.15, 0.2) is 0 Å². The van der Waals surface area contributed by atoms with E-state index in [9.17, 15) is 4.79 Å². The van der Waals surface area contributed by atoms with Crippen molar-refractivity contribution in [1.82, 2.24) is 0 Å². The van der Waals surface area contributed by atoms with Crippen molar-refractivity contribution >= 4 is 14.8 Å². The van der Waals surface area contributed by atoms with Crippen LogP contribution in [0.25, 0.3) is 0 Å². The van der Waals surface area contributed by atoms with Gasteiger partial charge in [-0.15, -0.1) is 0 Å². The summed E-state index contributed by atoms with van der Waals surface area (Å²) in [6, 6.07) is 0.815. The zero-order valence-corrected chi connectivity index (χ0v) is 13.4. The lowest BCUT2D eigenvalue weighted by Crippen LogP contribution is -2.45. The van der Waals surface area contributed by atoms with Crippen molar-refractivity contribution in [3.63, 3.8) is 0 Å². The van der Waals surface area contributed by atoms with Gasteiger partial charge in [-0.3, -0.25) is 4.79 Å². The fourth-order valence-electron chi connectivity index (χ4n) is 1.97. The number of carboxylic acid groups (broad SMARTS) is 1. The van der Waals surface area contributed by atoms with Gasteiger partial charge in [0.05, 0.1) is 0 Å². The molecule has 0 aliphatic heterocycles. The molecule has 114 valence electrons. The van der Waals surface area contributed by atoms with E-state index in [0.29, 0.717) is 19.8 Å². The fraction of sp³-hybridized carbons (Fsp3) is 0.923. The third kappa shape index (κ3) is 9.15. The maximum Gasteiger partial charge on any atom is 0.500 e. The van der Waals surface area contributed by atoms with Crippen molar-refractivity contribution in [1.29, 1.82) is 0 Å².